The van der Waals surface area contributed by atoms with Gasteiger partial charge in [0.2, 0.25) is 0 Å². The summed E-state index contributed by atoms with van der Waals surface area (Å²) in [4.78, 5) is 15.2. The fraction of sp³-hybridized carbons (Fsp3) is 0. The Morgan fingerprint density at radius 3 is 1.77 bits per heavy atom. The minimum absolute atomic E-state index is 0.649. The molecule has 0 bridgehead atoms. The van der Waals surface area contributed by atoms with Crippen molar-refractivity contribution in [2.24, 2.45) is 0 Å². The molecule has 0 aliphatic rings. The molecule has 4 nitrogen and oxygen atoms in total. The van der Waals surface area contributed by atoms with E-state index in [0.29, 0.717) is 17.5 Å². The van der Waals surface area contributed by atoms with Crippen LogP contribution in [0.4, 0.5) is 0 Å². The number of para-hydroxylation sites is 1. The molecular formula is C39H23N3OS. The average molecular weight is 582 g/mol. The second-order valence-corrected chi connectivity index (χ2v) is 11.9. The van der Waals surface area contributed by atoms with Gasteiger partial charge in [-0.3, -0.25) is 0 Å². The van der Waals surface area contributed by atoms with Crippen molar-refractivity contribution >= 4 is 53.4 Å². The van der Waals surface area contributed by atoms with Gasteiger partial charge in [-0.2, -0.15) is 0 Å². The van der Waals surface area contributed by atoms with Crippen molar-refractivity contribution in [2.45, 2.75) is 0 Å². The summed E-state index contributed by atoms with van der Waals surface area (Å²) < 4.78 is 8.68. The lowest BCUT2D eigenvalue weighted by Gasteiger charge is -2.12. The van der Waals surface area contributed by atoms with E-state index < -0.39 is 0 Å². The standard InChI is InChI=1S/C39H23N3OS/c1-3-12-24(13-4-1)37-40-38(25-14-5-2-6-15-25)42-39(41-37)30-22-26(23-34-36(30)29-17-8-10-21-33(29)44-34)27-18-11-20-32-35(27)28-16-7-9-19-31(28)43-32/h1-23H. The molecule has 0 fully saturated rings. The molecule has 5 heteroatoms. The second kappa shape index (κ2) is 9.97. The highest BCUT2D eigenvalue weighted by atomic mass is 32.1. The Morgan fingerprint density at radius 1 is 0.409 bits per heavy atom. The molecule has 0 saturated carbocycles. The third-order valence-corrected chi connectivity index (χ3v) is 9.25. The summed E-state index contributed by atoms with van der Waals surface area (Å²) in [5.41, 5.74) is 6.86. The maximum absolute atomic E-state index is 6.26. The molecule has 3 heterocycles. The predicted octanol–water partition coefficient (Wildman–Crippen LogP) is 10.8. The first-order valence-electron chi connectivity index (χ1n) is 14.5. The maximum Gasteiger partial charge on any atom is 0.164 e. The molecule has 0 spiro atoms. The van der Waals surface area contributed by atoms with Crippen molar-refractivity contribution < 1.29 is 4.42 Å². The number of nitrogens with zero attached hydrogens (tertiary/aromatic N) is 3. The van der Waals surface area contributed by atoms with Crippen LogP contribution in [0.15, 0.2) is 144 Å². The summed E-state index contributed by atoms with van der Waals surface area (Å²) in [6.45, 7) is 0. The first-order chi connectivity index (χ1) is 21.8. The number of furan rings is 1. The lowest BCUT2D eigenvalue weighted by molar-refractivity contribution is 0.669. The molecule has 0 N–H and O–H groups in total. The van der Waals surface area contributed by atoms with Crippen molar-refractivity contribution in [3.63, 3.8) is 0 Å². The molecule has 0 unspecified atom stereocenters. The van der Waals surface area contributed by atoms with Gasteiger partial charge < -0.3 is 4.42 Å². The fourth-order valence-electron chi connectivity index (χ4n) is 6.13. The molecule has 206 valence electrons. The first-order valence-corrected chi connectivity index (χ1v) is 15.3. The number of fused-ring (bicyclic) bond motifs is 6. The van der Waals surface area contributed by atoms with Gasteiger partial charge in [-0.15, -0.1) is 11.3 Å². The van der Waals surface area contributed by atoms with E-state index in [0.717, 1.165) is 55.1 Å². The number of hydrogen-bond donors (Lipinski definition) is 0. The van der Waals surface area contributed by atoms with Gasteiger partial charge in [0.15, 0.2) is 17.5 Å². The third kappa shape index (κ3) is 4.02. The van der Waals surface area contributed by atoms with E-state index in [9.17, 15) is 0 Å². The molecule has 6 aromatic carbocycles. The summed E-state index contributed by atoms with van der Waals surface area (Å²) in [6.07, 6.45) is 0. The zero-order chi connectivity index (χ0) is 29.0. The van der Waals surface area contributed by atoms with Crippen LogP contribution in [0.1, 0.15) is 0 Å². The topological polar surface area (TPSA) is 51.8 Å². The van der Waals surface area contributed by atoms with Crippen LogP contribution in [-0.2, 0) is 0 Å². The molecule has 9 aromatic rings. The van der Waals surface area contributed by atoms with Gasteiger partial charge >= 0.3 is 0 Å². The van der Waals surface area contributed by atoms with Gasteiger partial charge in [-0.05, 0) is 41.5 Å². The van der Waals surface area contributed by atoms with E-state index in [2.05, 4.69) is 60.7 Å². The second-order valence-electron chi connectivity index (χ2n) is 10.8. The Balaban J connectivity index is 1.38. The van der Waals surface area contributed by atoms with Gasteiger partial charge in [-0.25, -0.2) is 15.0 Å². The number of rotatable bonds is 4. The molecule has 9 rings (SSSR count). The normalized spacial score (nSPS) is 11.6. The zero-order valence-corrected chi connectivity index (χ0v) is 24.3. The van der Waals surface area contributed by atoms with Crippen LogP contribution in [-0.4, -0.2) is 15.0 Å². The van der Waals surface area contributed by atoms with Crippen LogP contribution in [0.25, 0.3) is 87.4 Å². The van der Waals surface area contributed by atoms with Crippen molar-refractivity contribution in [1.29, 1.82) is 0 Å². The molecule has 44 heavy (non-hydrogen) atoms. The number of thiophene rings is 1. The summed E-state index contributed by atoms with van der Waals surface area (Å²) in [7, 11) is 0. The molecule has 0 saturated heterocycles. The molecule has 0 aliphatic heterocycles. The Labute approximate surface area is 256 Å². The van der Waals surface area contributed by atoms with Gasteiger partial charge in [-0.1, -0.05) is 109 Å². The van der Waals surface area contributed by atoms with Crippen molar-refractivity contribution in [3.8, 4) is 45.3 Å². The highest BCUT2D eigenvalue weighted by Crippen LogP contribution is 2.44. The van der Waals surface area contributed by atoms with E-state index in [1.54, 1.807) is 11.3 Å². The number of aromatic nitrogens is 3. The van der Waals surface area contributed by atoms with Crippen molar-refractivity contribution in [1.82, 2.24) is 15.0 Å². The highest BCUT2D eigenvalue weighted by Gasteiger charge is 2.20. The van der Waals surface area contributed by atoms with Crippen molar-refractivity contribution in [3.05, 3.63) is 140 Å². The monoisotopic (exact) mass is 581 g/mol. The van der Waals surface area contributed by atoms with Gasteiger partial charge in [0.25, 0.3) is 0 Å². The Morgan fingerprint density at radius 2 is 1.02 bits per heavy atom. The Bertz CT molecular complexity index is 2440. The molecule has 0 atom stereocenters. The van der Waals surface area contributed by atoms with E-state index in [-0.39, 0.29) is 0 Å². The molecule has 0 aliphatic carbocycles. The van der Waals surface area contributed by atoms with Crippen molar-refractivity contribution in [2.75, 3.05) is 0 Å². The predicted molar refractivity (Wildman–Crippen MR) is 182 cm³/mol. The summed E-state index contributed by atoms with van der Waals surface area (Å²) in [6, 6.07) is 47.9. The number of benzene rings is 6. The lowest BCUT2D eigenvalue weighted by Crippen LogP contribution is -2.00. The average Bonchev–Trinajstić information content (AvgIpc) is 3.67. The fourth-order valence-corrected chi connectivity index (χ4v) is 7.30. The number of hydrogen-bond acceptors (Lipinski definition) is 5. The van der Waals surface area contributed by atoms with Gasteiger partial charge in [0.05, 0.1) is 0 Å². The van der Waals surface area contributed by atoms with Crippen LogP contribution in [0.2, 0.25) is 0 Å². The summed E-state index contributed by atoms with van der Waals surface area (Å²) in [5.74, 6) is 1.95. The van der Waals surface area contributed by atoms with Crippen LogP contribution in [0.3, 0.4) is 0 Å². The van der Waals surface area contributed by atoms with E-state index >= 15 is 0 Å². The van der Waals surface area contributed by atoms with Gasteiger partial charge in [0.1, 0.15) is 11.2 Å². The minimum atomic E-state index is 0.649. The summed E-state index contributed by atoms with van der Waals surface area (Å²) in [5, 5.41) is 4.57. The smallest absolute Gasteiger partial charge is 0.164 e. The Kier molecular flexibility index (Phi) is 5.64. The van der Waals surface area contributed by atoms with Crippen LogP contribution >= 0.6 is 11.3 Å². The zero-order valence-electron chi connectivity index (χ0n) is 23.4. The largest absolute Gasteiger partial charge is 0.456 e. The third-order valence-electron chi connectivity index (χ3n) is 8.13. The highest BCUT2D eigenvalue weighted by molar-refractivity contribution is 7.26. The quantitative estimate of drug-likeness (QED) is 0.207. The first kappa shape index (κ1) is 24.9. The van der Waals surface area contributed by atoms with Crippen LogP contribution in [0.5, 0.6) is 0 Å². The molecule has 0 amide bonds. The van der Waals surface area contributed by atoms with E-state index in [1.807, 2.05) is 78.9 Å². The van der Waals surface area contributed by atoms with E-state index in [4.69, 9.17) is 19.4 Å². The molecule has 3 aromatic heterocycles. The van der Waals surface area contributed by atoms with Crippen LogP contribution < -0.4 is 0 Å². The molecule has 0 radical (unpaired) electrons. The molecular weight excluding hydrogens is 559 g/mol. The maximum atomic E-state index is 6.26. The van der Waals surface area contributed by atoms with Gasteiger partial charge in [0, 0.05) is 47.6 Å². The lowest BCUT2D eigenvalue weighted by atomic mass is 9.95. The summed E-state index contributed by atoms with van der Waals surface area (Å²) >= 11 is 1.80. The Hall–Kier alpha value is -5.65. The van der Waals surface area contributed by atoms with Crippen LogP contribution in [0, 0.1) is 0 Å². The minimum Gasteiger partial charge on any atom is -0.456 e. The SMILES string of the molecule is c1ccc(-c2nc(-c3ccccc3)nc(-c3cc(-c4cccc5oc6ccccc6c45)cc4sc5ccccc5c34)n2)cc1. The van der Waals surface area contributed by atoms with E-state index in [1.165, 1.54) is 14.8 Å².